The number of aryl methyl sites for hydroxylation is 1. The van der Waals surface area contributed by atoms with Crippen molar-refractivity contribution in [1.29, 1.82) is 0 Å². The van der Waals surface area contributed by atoms with Gasteiger partial charge in [0.05, 0.1) is 0 Å². The molecule has 124 valence electrons. The van der Waals surface area contributed by atoms with Crippen LogP contribution in [0.25, 0.3) is 0 Å². The molecule has 2 nitrogen and oxygen atoms in total. The van der Waals surface area contributed by atoms with Gasteiger partial charge in [0, 0.05) is 22.6 Å². The highest BCUT2D eigenvalue weighted by Gasteiger charge is 2.28. The van der Waals surface area contributed by atoms with Gasteiger partial charge in [0.1, 0.15) is 0 Å². The number of halogens is 1. The molecule has 1 rings (SSSR count). The Balaban J connectivity index is 3.18. The van der Waals surface area contributed by atoms with Crippen LogP contribution in [0.5, 0.6) is 0 Å². The number of anilines is 1. The maximum Gasteiger partial charge on any atom is 0.227 e. The lowest BCUT2D eigenvalue weighted by atomic mass is 9.85. The summed E-state index contributed by atoms with van der Waals surface area (Å²) in [6.45, 7) is 12.9. The van der Waals surface area contributed by atoms with Gasteiger partial charge in [0.2, 0.25) is 5.91 Å². The van der Waals surface area contributed by atoms with E-state index in [1.807, 2.05) is 17.0 Å². The fourth-order valence-corrected chi connectivity index (χ4v) is 2.86. The summed E-state index contributed by atoms with van der Waals surface area (Å²) in [5.74, 6) is 0.238. The van der Waals surface area contributed by atoms with E-state index in [0.717, 1.165) is 35.0 Å². The molecule has 3 heteroatoms. The summed E-state index contributed by atoms with van der Waals surface area (Å²) in [6, 6.07) is 6.46. The summed E-state index contributed by atoms with van der Waals surface area (Å²) in [5, 5.41) is 0. The van der Waals surface area contributed by atoms with E-state index in [0.29, 0.717) is 6.42 Å². The van der Waals surface area contributed by atoms with E-state index in [4.69, 9.17) is 0 Å². The first-order valence-corrected chi connectivity index (χ1v) is 9.13. The zero-order valence-corrected chi connectivity index (χ0v) is 16.5. The van der Waals surface area contributed by atoms with E-state index in [-0.39, 0.29) is 17.4 Å². The summed E-state index contributed by atoms with van der Waals surface area (Å²) in [4.78, 5) is 15.0. The Morgan fingerprint density at radius 2 is 1.82 bits per heavy atom. The second-order valence-electron chi connectivity index (χ2n) is 6.86. The van der Waals surface area contributed by atoms with Gasteiger partial charge in [-0.2, -0.15) is 0 Å². The van der Waals surface area contributed by atoms with Crippen LogP contribution in [0.4, 0.5) is 5.69 Å². The third-order valence-electron chi connectivity index (χ3n) is 4.58. The first-order valence-electron chi connectivity index (χ1n) is 8.34. The number of carbonyl (C=O) groups is 1. The molecule has 0 aliphatic rings. The molecule has 0 saturated heterocycles. The predicted molar refractivity (Wildman–Crippen MR) is 99.4 cm³/mol. The summed E-state index contributed by atoms with van der Waals surface area (Å²) in [6.07, 6.45) is 3.55. The highest BCUT2D eigenvalue weighted by molar-refractivity contribution is 9.10. The summed E-state index contributed by atoms with van der Waals surface area (Å²) >= 11 is 3.54. The van der Waals surface area contributed by atoms with Gasteiger partial charge >= 0.3 is 0 Å². The van der Waals surface area contributed by atoms with Gasteiger partial charge < -0.3 is 4.90 Å². The zero-order chi connectivity index (χ0) is 16.9. The number of hydrogen-bond donors (Lipinski definition) is 0. The lowest BCUT2D eigenvalue weighted by Gasteiger charge is -2.34. The Hall–Kier alpha value is -0.830. The molecule has 0 atom stereocenters. The van der Waals surface area contributed by atoms with Crippen molar-refractivity contribution in [2.24, 2.45) is 5.41 Å². The van der Waals surface area contributed by atoms with Gasteiger partial charge in [-0.15, -0.1) is 0 Å². The first kappa shape index (κ1) is 19.2. The Labute approximate surface area is 144 Å². The Kier molecular flexibility index (Phi) is 7.11. The molecule has 0 N–H and O–H groups in total. The maximum absolute atomic E-state index is 13.0. The van der Waals surface area contributed by atoms with Crippen molar-refractivity contribution in [1.82, 2.24) is 0 Å². The molecule has 0 saturated carbocycles. The molecule has 0 radical (unpaired) electrons. The number of benzene rings is 1. The number of carbonyl (C=O) groups excluding carboxylic acids is 1. The minimum atomic E-state index is 0.0474. The lowest BCUT2D eigenvalue weighted by molar-refractivity contribution is -0.121. The van der Waals surface area contributed by atoms with Crippen molar-refractivity contribution in [2.75, 3.05) is 4.90 Å². The van der Waals surface area contributed by atoms with E-state index < -0.39 is 0 Å². The molecule has 0 heterocycles. The standard InChI is InChI=1S/C19H30BrNO/c1-7-15(8-2)21(18(22)13-19(5,6)9-3)16-10-11-17(20)14(4)12-16/h10-12,15H,7-9,13H2,1-6H3. The molecule has 1 amide bonds. The van der Waals surface area contributed by atoms with Gasteiger partial charge in [-0.1, -0.05) is 57.0 Å². The summed E-state index contributed by atoms with van der Waals surface area (Å²) in [7, 11) is 0. The van der Waals surface area contributed by atoms with Crippen LogP contribution < -0.4 is 4.90 Å². The third kappa shape index (κ3) is 4.84. The van der Waals surface area contributed by atoms with E-state index in [1.165, 1.54) is 0 Å². The van der Waals surface area contributed by atoms with Crippen molar-refractivity contribution in [3.63, 3.8) is 0 Å². The topological polar surface area (TPSA) is 20.3 Å². The van der Waals surface area contributed by atoms with Crippen LogP contribution in [0.2, 0.25) is 0 Å². The largest absolute Gasteiger partial charge is 0.309 e. The fraction of sp³-hybridized carbons (Fsp3) is 0.632. The molecule has 0 bridgehead atoms. The Morgan fingerprint density at radius 1 is 1.23 bits per heavy atom. The van der Waals surface area contributed by atoms with Crippen molar-refractivity contribution < 1.29 is 4.79 Å². The van der Waals surface area contributed by atoms with Crippen molar-refractivity contribution in [3.05, 3.63) is 28.2 Å². The predicted octanol–water partition coefficient (Wildman–Crippen LogP) is 6.11. The Morgan fingerprint density at radius 3 is 2.27 bits per heavy atom. The molecule has 0 fully saturated rings. The van der Waals surface area contributed by atoms with E-state index in [1.54, 1.807) is 0 Å². The van der Waals surface area contributed by atoms with Crippen LogP contribution >= 0.6 is 15.9 Å². The number of rotatable bonds is 7. The van der Waals surface area contributed by atoms with Crippen LogP contribution in [-0.2, 0) is 4.79 Å². The molecule has 22 heavy (non-hydrogen) atoms. The second-order valence-corrected chi connectivity index (χ2v) is 7.72. The van der Waals surface area contributed by atoms with Crippen LogP contribution in [0, 0.1) is 12.3 Å². The van der Waals surface area contributed by atoms with E-state index in [2.05, 4.69) is 63.5 Å². The van der Waals surface area contributed by atoms with Gasteiger partial charge in [-0.05, 0) is 48.9 Å². The van der Waals surface area contributed by atoms with Crippen LogP contribution in [0.15, 0.2) is 22.7 Å². The van der Waals surface area contributed by atoms with Crippen LogP contribution in [0.1, 0.15) is 65.9 Å². The lowest BCUT2D eigenvalue weighted by Crippen LogP contribution is -2.41. The minimum absolute atomic E-state index is 0.0474. The van der Waals surface area contributed by atoms with Crippen molar-refractivity contribution >= 4 is 27.5 Å². The molecule has 0 aliphatic carbocycles. The molecule has 1 aromatic carbocycles. The van der Waals surface area contributed by atoms with Gasteiger partial charge in [0.25, 0.3) is 0 Å². The average molecular weight is 368 g/mol. The quantitative estimate of drug-likeness (QED) is 0.569. The summed E-state index contributed by atoms with van der Waals surface area (Å²) < 4.78 is 1.09. The first-order chi connectivity index (χ1) is 10.3. The second kappa shape index (κ2) is 8.14. The number of amides is 1. The molecule has 0 aromatic heterocycles. The van der Waals surface area contributed by atoms with Gasteiger partial charge in [-0.25, -0.2) is 0 Å². The highest BCUT2D eigenvalue weighted by atomic mass is 79.9. The highest BCUT2D eigenvalue weighted by Crippen LogP contribution is 2.31. The number of hydrogen-bond acceptors (Lipinski definition) is 1. The fourth-order valence-electron chi connectivity index (χ4n) is 2.61. The van der Waals surface area contributed by atoms with Gasteiger partial charge in [-0.3, -0.25) is 4.79 Å². The normalized spacial score (nSPS) is 11.8. The van der Waals surface area contributed by atoms with Gasteiger partial charge in [0.15, 0.2) is 0 Å². The molecule has 0 spiro atoms. The SMILES string of the molecule is CCC(CC)N(C(=O)CC(C)(C)CC)c1ccc(Br)c(C)c1. The van der Waals surface area contributed by atoms with E-state index in [9.17, 15) is 4.79 Å². The third-order valence-corrected chi connectivity index (χ3v) is 5.47. The smallest absolute Gasteiger partial charge is 0.227 e. The number of nitrogens with zero attached hydrogens (tertiary/aromatic N) is 1. The molecule has 1 aromatic rings. The van der Waals surface area contributed by atoms with E-state index >= 15 is 0 Å². The minimum Gasteiger partial charge on any atom is -0.309 e. The monoisotopic (exact) mass is 367 g/mol. The molecule has 0 unspecified atom stereocenters. The molecule has 0 aliphatic heterocycles. The Bertz CT molecular complexity index is 506. The molecular formula is C19H30BrNO. The van der Waals surface area contributed by atoms with Crippen molar-refractivity contribution in [3.8, 4) is 0 Å². The van der Waals surface area contributed by atoms with Crippen molar-refractivity contribution in [2.45, 2.75) is 73.3 Å². The van der Waals surface area contributed by atoms with Crippen LogP contribution in [-0.4, -0.2) is 11.9 Å². The zero-order valence-electron chi connectivity index (χ0n) is 14.9. The maximum atomic E-state index is 13.0. The van der Waals surface area contributed by atoms with Crippen LogP contribution in [0.3, 0.4) is 0 Å². The average Bonchev–Trinajstić information content (AvgIpc) is 2.47. The molecular weight excluding hydrogens is 338 g/mol. The summed E-state index contributed by atoms with van der Waals surface area (Å²) in [5.41, 5.74) is 2.23.